The molecule has 0 aromatic heterocycles. The fraction of sp³-hybridized carbons (Fsp3) is 0.286. The first kappa shape index (κ1) is 23.9. The van der Waals surface area contributed by atoms with Crippen molar-refractivity contribution in [2.24, 2.45) is 0 Å². The SMILES string of the molecule is CCOC(=O)C1CCCCN1c1cccc(C#N)c1.Cc1ccccc1-c1ccc(N)cc1. The quantitative estimate of drug-likeness (QED) is 0.413. The number of carbonyl (C=O) groups excluding carboxylic acids is 1. The molecule has 3 aromatic rings. The lowest BCUT2D eigenvalue weighted by atomic mass is 10.0. The first-order valence-corrected chi connectivity index (χ1v) is 11.4. The molecule has 0 saturated carbocycles. The highest BCUT2D eigenvalue weighted by Crippen LogP contribution is 2.26. The van der Waals surface area contributed by atoms with E-state index in [-0.39, 0.29) is 12.0 Å². The number of nitriles is 1. The Labute approximate surface area is 196 Å². The molecule has 3 aromatic carbocycles. The molecular weight excluding hydrogens is 410 g/mol. The topological polar surface area (TPSA) is 79.3 Å². The minimum absolute atomic E-state index is 0.162. The number of piperidine rings is 1. The Morgan fingerprint density at radius 1 is 1.09 bits per heavy atom. The summed E-state index contributed by atoms with van der Waals surface area (Å²) in [5.74, 6) is -0.162. The first-order valence-electron chi connectivity index (χ1n) is 11.4. The van der Waals surface area contributed by atoms with E-state index in [4.69, 9.17) is 15.7 Å². The molecule has 0 radical (unpaired) electrons. The number of nitrogens with zero attached hydrogens (tertiary/aromatic N) is 2. The number of aryl methyl sites for hydroxylation is 1. The highest BCUT2D eigenvalue weighted by Gasteiger charge is 2.30. The number of ether oxygens (including phenoxy) is 1. The third-order valence-corrected chi connectivity index (χ3v) is 5.74. The molecule has 1 aliphatic rings. The van der Waals surface area contributed by atoms with Crippen LogP contribution in [0.3, 0.4) is 0 Å². The summed E-state index contributed by atoms with van der Waals surface area (Å²) in [5.41, 5.74) is 11.8. The van der Waals surface area contributed by atoms with E-state index < -0.39 is 0 Å². The van der Waals surface area contributed by atoms with Crippen molar-refractivity contribution in [1.29, 1.82) is 5.26 Å². The van der Waals surface area contributed by atoms with Crippen molar-refractivity contribution >= 4 is 17.3 Å². The van der Waals surface area contributed by atoms with Gasteiger partial charge in [-0.05, 0) is 80.1 Å². The zero-order chi connectivity index (χ0) is 23.6. The first-order chi connectivity index (χ1) is 16.0. The second-order valence-electron chi connectivity index (χ2n) is 8.06. The number of hydrogen-bond acceptors (Lipinski definition) is 5. The van der Waals surface area contributed by atoms with Gasteiger partial charge in [-0.25, -0.2) is 4.79 Å². The standard InChI is InChI=1S/C15H18N2O2.C13H13N/c1-2-19-15(18)14-8-3-4-9-17(14)13-7-5-6-12(10-13)11-16;1-10-4-2-3-5-13(10)11-6-8-12(14)9-7-11/h5-7,10,14H,2-4,8-9H2,1H3;2-9H,14H2,1H3. The van der Waals surface area contributed by atoms with Crippen LogP contribution < -0.4 is 10.6 Å². The zero-order valence-electron chi connectivity index (χ0n) is 19.3. The Balaban J connectivity index is 0.000000194. The van der Waals surface area contributed by atoms with Crippen molar-refractivity contribution in [2.75, 3.05) is 23.8 Å². The van der Waals surface area contributed by atoms with E-state index >= 15 is 0 Å². The number of esters is 1. The van der Waals surface area contributed by atoms with E-state index in [1.54, 1.807) is 6.07 Å². The van der Waals surface area contributed by atoms with Gasteiger partial charge in [0.15, 0.2) is 0 Å². The number of benzene rings is 3. The molecule has 1 heterocycles. The second kappa shape index (κ2) is 11.7. The summed E-state index contributed by atoms with van der Waals surface area (Å²) in [6.07, 6.45) is 2.92. The van der Waals surface area contributed by atoms with Gasteiger partial charge < -0.3 is 15.4 Å². The number of nitrogen functional groups attached to an aromatic ring is 1. The molecule has 0 aliphatic carbocycles. The van der Waals surface area contributed by atoms with Crippen molar-refractivity contribution in [2.45, 2.75) is 39.2 Å². The minimum Gasteiger partial charge on any atom is -0.464 e. The van der Waals surface area contributed by atoms with E-state index in [9.17, 15) is 4.79 Å². The van der Waals surface area contributed by atoms with E-state index in [1.807, 2.05) is 37.3 Å². The monoisotopic (exact) mass is 441 g/mol. The molecule has 0 amide bonds. The summed E-state index contributed by atoms with van der Waals surface area (Å²) in [6, 6.07) is 25.6. The van der Waals surface area contributed by atoms with E-state index in [1.165, 1.54) is 16.7 Å². The summed E-state index contributed by atoms with van der Waals surface area (Å²) in [5, 5.41) is 8.96. The number of anilines is 2. The van der Waals surface area contributed by atoms with Crippen molar-refractivity contribution in [3.63, 3.8) is 0 Å². The van der Waals surface area contributed by atoms with Crippen LogP contribution in [0.15, 0.2) is 72.8 Å². The Bertz CT molecular complexity index is 1100. The number of carbonyl (C=O) groups is 1. The third-order valence-electron chi connectivity index (χ3n) is 5.74. The lowest BCUT2D eigenvalue weighted by molar-refractivity contribution is -0.145. The molecule has 1 fully saturated rings. The van der Waals surface area contributed by atoms with Crippen LogP contribution in [-0.4, -0.2) is 25.2 Å². The van der Waals surface area contributed by atoms with Crippen LogP contribution in [0.1, 0.15) is 37.3 Å². The van der Waals surface area contributed by atoms with Crippen LogP contribution in [0.2, 0.25) is 0 Å². The predicted octanol–water partition coefficient (Wildman–Crippen LogP) is 5.72. The van der Waals surface area contributed by atoms with Crippen LogP contribution in [-0.2, 0) is 9.53 Å². The van der Waals surface area contributed by atoms with Crippen LogP contribution in [0.25, 0.3) is 11.1 Å². The Morgan fingerprint density at radius 2 is 1.85 bits per heavy atom. The molecule has 5 heteroatoms. The molecule has 2 N–H and O–H groups in total. The normalized spacial score (nSPS) is 15.1. The van der Waals surface area contributed by atoms with E-state index in [0.29, 0.717) is 12.2 Å². The maximum absolute atomic E-state index is 12.0. The number of hydrogen-bond donors (Lipinski definition) is 1. The third kappa shape index (κ3) is 6.36. The summed E-state index contributed by atoms with van der Waals surface area (Å²) >= 11 is 0. The smallest absolute Gasteiger partial charge is 0.328 e. The summed E-state index contributed by atoms with van der Waals surface area (Å²) < 4.78 is 5.14. The van der Waals surface area contributed by atoms with Crippen LogP contribution in [0.4, 0.5) is 11.4 Å². The van der Waals surface area contributed by atoms with Crippen LogP contribution in [0.5, 0.6) is 0 Å². The van der Waals surface area contributed by atoms with E-state index in [2.05, 4.69) is 54.3 Å². The maximum atomic E-state index is 12.0. The van der Waals surface area contributed by atoms with Gasteiger partial charge in [0, 0.05) is 17.9 Å². The molecule has 4 rings (SSSR count). The lowest BCUT2D eigenvalue weighted by Crippen LogP contribution is -2.45. The molecule has 33 heavy (non-hydrogen) atoms. The second-order valence-corrected chi connectivity index (χ2v) is 8.06. The van der Waals surface area contributed by atoms with Gasteiger partial charge in [0.25, 0.3) is 0 Å². The van der Waals surface area contributed by atoms with Gasteiger partial charge in [-0.2, -0.15) is 5.26 Å². The number of nitrogens with two attached hydrogens (primary N) is 1. The molecule has 1 saturated heterocycles. The molecule has 0 bridgehead atoms. The molecule has 1 aliphatic heterocycles. The molecule has 1 unspecified atom stereocenters. The van der Waals surface area contributed by atoms with Crippen LogP contribution >= 0.6 is 0 Å². The highest BCUT2D eigenvalue weighted by molar-refractivity contribution is 5.80. The lowest BCUT2D eigenvalue weighted by Gasteiger charge is -2.35. The van der Waals surface area contributed by atoms with Gasteiger partial charge in [0.05, 0.1) is 18.2 Å². The summed E-state index contributed by atoms with van der Waals surface area (Å²) in [6.45, 7) is 5.17. The molecule has 170 valence electrons. The van der Waals surface area contributed by atoms with Gasteiger partial charge in [0.1, 0.15) is 6.04 Å². The Hall–Kier alpha value is -3.78. The number of rotatable bonds is 4. The predicted molar refractivity (Wildman–Crippen MR) is 134 cm³/mol. The van der Waals surface area contributed by atoms with Crippen molar-refractivity contribution in [3.8, 4) is 17.2 Å². The molecule has 5 nitrogen and oxygen atoms in total. The van der Waals surface area contributed by atoms with Gasteiger partial charge >= 0.3 is 5.97 Å². The largest absolute Gasteiger partial charge is 0.464 e. The van der Waals surface area contributed by atoms with Crippen molar-refractivity contribution in [1.82, 2.24) is 0 Å². The fourth-order valence-corrected chi connectivity index (χ4v) is 4.04. The molecule has 1 atom stereocenters. The maximum Gasteiger partial charge on any atom is 0.328 e. The Kier molecular flexibility index (Phi) is 8.49. The van der Waals surface area contributed by atoms with Gasteiger partial charge in [-0.1, -0.05) is 42.5 Å². The average molecular weight is 442 g/mol. The summed E-state index contributed by atoms with van der Waals surface area (Å²) in [4.78, 5) is 14.1. The fourth-order valence-electron chi connectivity index (χ4n) is 4.04. The van der Waals surface area contributed by atoms with Gasteiger partial charge in [-0.3, -0.25) is 0 Å². The summed E-state index contributed by atoms with van der Waals surface area (Å²) in [7, 11) is 0. The Morgan fingerprint density at radius 3 is 2.55 bits per heavy atom. The van der Waals surface area contributed by atoms with Gasteiger partial charge in [0.2, 0.25) is 0 Å². The van der Waals surface area contributed by atoms with Crippen LogP contribution in [0, 0.1) is 18.3 Å². The molecule has 0 spiro atoms. The average Bonchev–Trinajstić information content (AvgIpc) is 2.85. The highest BCUT2D eigenvalue weighted by atomic mass is 16.5. The minimum atomic E-state index is -0.220. The van der Waals surface area contributed by atoms with Crippen molar-refractivity contribution in [3.05, 3.63) is 83.9 Å². The van der Waals surface area contributed by atoms with Gasteiger partial charge in [-0.15, -0.1) is 0 Å². The molecular formula is C28H31N3O2. The van der Waals surface area contributed by atoms with E-state index in [0.717, 1.165) is 37.2 Å². The van der Waals surface area contributed by atoms with Crippen molar-refractivity contribution < 1.29 is 9.53 Å². The zero-order valence-corrected chi connectivity index (χ0v) is 19.3.